The van der Waals surface area contributed by atoms with E-state index >= 15 is 0 Å². The Morgan fingerprint density at radius 3 is 2.78 bits per heavy atom. The molecule has 0 bridgehead atoms. The number of halogens is 2. The molecule has 1 heterocycles. The normalized spacial score (nSPS) is 15.6. The molecule has 1 aliphatic rings. The topological polar surface area (TPSA) is 70.0 Å². The van der Waals surface area contributed by atoms with Gasteiger partial charge in [0.25, 0.3) is 0 Å². The van der Waals surface area contributed by atoms with Crippen molar-refractivity contribution in [3.05, 3.63) is 29.0 Å². The Morgan fingerprint density at radius 2 is 2.17 bits per heavy atom. The quantitative estimate of drug-likeness (QED) is 0.894. The van der Waals surface area contributed by atoms with Crippen LogP contribution in [0.4, 0.5) is 10.1 Å². The van der Waals surface area contributed by atoms with Crippen LogP contribution in [0.2, 0.25) is 5.02 Å². The molecule has 0 aliphatic carbocycles. The second-order valence-electron chi connectivity index (χ2n) is 3.66. The maximum absolute atomic E-state index is 13.0. The van der Waals surface area contributed by atoms with Gasteiger partial charge in [0.05, 0.1) is 10.7 Å². The lowest BCUT2D eigenvalue weighted by Crippen LogP contribution is -2.34. The van der Waals surface area contributed by atoms with E-state index in [1.54, 1.807) is 0 Å². The van der Waals surface area contributed by atoms with Gasteiger partial charge in [0, 0.05) is 12.8 Å². The molecule has 0 fully saturated rings. The van der Waals surface area contributed by atoms with E-state index in [4.69, 9.17) is 16.7 Å². The molecule has 1 aliphatic heterocycles. The minimum atomic E-state index is -1.18. The number of benzene rings is 1. The highest BCUT2D eigenvalue weighted by Crippen LogP contribution is 2.25. The molecular weight excluding hydrogens is 263 g/mol. The molecule has 5 nitrogen and oxygen atoms in total. The Kier molecular flexibility index (Phi) is 3.29. The van der Waals surface area contributed by atoms with Crippen LogP contribution in [-0.2, 0) is 9.59 Å². The summed E-state index contributed by atoms with van der Waals surface area (Å²) in [6.07, 6.45) is 0.125. The van der Waals surface area contributed by atoms with Crippen molar-refractivity contribution in [2.75, 3.05) is 5.01 Å². The largest absolute Gasteiger partial charge is 0.477 e. The van der Waals surface area contributed by atoms with Gasteiger partial charge in [0.15, 0.2) is 0 Å². The highest BCUT2D eigenvalue weighted by atomic mass is 35.5. The van der Waals surface area contributed by atoms with Gasteiger partial charge in [-0.15, -0.1) is 0 Å². The number of hydrogen-bond acceptors (Lipinski definition) is 3. The summed E-state index contributed by atoms with van der Waals surface area (Å²) in [4.78, 5) is 22.5. The molecule has 0 atom stereocenters. The fourth-order valence-electron chi connectivity index (χ4n) is 1.53. The molecule has 18 heavy (non-hydrogen) atoms. The molecule has 1 aromatic carbocycles. The number of aliphatic carboxylic acids is 1. The molecule has 0 aromatic heterocycles. The Labute approximate surface area is 106 Å². The van der Waals surface area contributed by atoms with Gasteiger partial charge in [-0.3, -0.25) is 4.79 Å². The summed E-state index contributed by atoms with van der Waals surface area (Å²) in [6.45, 7) is 0. The van der Waals surface area contributed by atoms with Crippen LogP contribution in [0.1, 0.15) is 12.8 Å². The zero-order valence-corrected chi connectivity index (χ0v) is 9.82. The van der Waals surface area contributed by atoms with E-state index in [2.05, 4.69) is 5.10 Å². The lowest BCUT2D eigenvalue weighted by atomic mass is 10.1. The first-order valence-electron chi connectivity index (χ1n) is 5.08. The highest BCUT2D eigenvalue weighted by molar-refractivity contribution is 6.37. The molecule has 1 aromatic rings. The summed E-state index contributed by atoms with van der Waals surface area (Å²) >= 11 is 5.60. The van der Waals surface area contributed by atoms with E-state index in [0.717, 1.165) is 11.1 Å². The highest BCUT2D eigenvalue weighted by Gasteiger charge is 2.25. The van der Waals surface area contributed by atoms with Crippen LogP contribution in [0.25, 0.3) is 0 Å². The summed E-state index contributed by atoms with van der Waals surface area (Å²) in [5.41, 5.74) is 0.125. The molecule has 0 unspecified atom stereocenters. The van der Waals surface area contributed by atoms with Gasteiger partial charge in [-0.25, -0.2) is 14.2 Å². The average molecular weight is 271 g/mol. The second-order valence-corrected chi connectivity index (χ2v) is 4.06. The molecule has 0 saturated heterocycles. The molecule has 0 spiro atoms. The number of carbonyl (C=O) groups excluding carboxylic acids is 1. The van der Waals surface area contributed by atoms with Crippen molar-refractivity contribution < 1.29 is 19.1 Å². The van der Waals surface area contributed by atoms with Crippen molar-refractivity contribution in [1.29, 1.82) is 0 Å². The SMILES string of the molecule is O=C(O)C1=NN(c2ccc(F)c(Cl)c2)C(=O)CC1. The molecule has 1 N–H and O–H groups in total. The summed E-state index contributed by atoms with van der Waals surface area (Å²) in [7, 11) is 0. The number of carbonyl (C=O) groups is 2. The first-order chi connectivity index (χ1) is 8.49. The van der Waals surface area contributed by atoms with Crippen LogP contribution < -0.4 is 5.01 Å². The van der Waals surface area contributed by atoms with Crippen molar-refractivity contribution >= 4 is 34.9 Å². The molecular formula is C11H8ClFN2O3. The van der Waals surface area contributed by atoms with Gasteiger partial charge in [-0.2, -0.15) is 5.10 Å². The fraction of sp³-hybridized carbons (Fsp3) is 0.182. The van der Waals surface area contributed by atoms with Crippen LogP contribution in [-0.4, -0.2) is 22.7 Å². The number of carboxylic acids is 1. The van der Waals surface area contributed by atoms with E-state index < -0.39 is 11.8 Å². The predicted molar refractivity (Wildman–Crippen MR) is 63.2 cm³/mol. The van der Waals surface area contributed by atoms with Gasteiger partial charge in [-0.1, -0.05) is 11.6 Å². The van der Waals surface area contributed by atoms with Crippen molar-refractivity contribution in [2.24, 2.45) is 5.10 Å². The number of rotatable bonds is 2. The van der Waals surface area contributed by atoms with Crippen LogP contribution >= 0.6 is 11.6 Å². The summed E-state index contributed by atoms with van der Waals surface area (Å²) < 4.78 is 13.0. The van der Waals surface area contributed by atoms with Crippen molar-refractivity contribution in [3.63, 3.8) is 0 Å². The third-order valence-corrected chi connectivity index (χ3v) is 2.72. The van der Waals surface area contributed by atoms with Crippen molar-refractivity contribution in [3.8, 4) is 0 Å². The van der Waals surface area contributed by atoms with Crippen molar-refractivity contribution in [1.82, 2.24) is 0 Å². The molecule has 0 saturated carbocycles. The Bertz CT molecular complexity index is 559. The Morgan fingerprint density at radius 1 is 1.44 bits per heavy atom. The van der Waals surface area contributed by atoms with E-state index in [0.29, 0.717) is 0 Å². The average Bonchev–Trinajstić information content (AvgIpc) is 2.33. The molecule has 2 rings (SSSR count). The van der Waals surface area contributed by atoms with E-state index in [1.165, 1.54) is 12.1 Å². The minimum absolute atomic E-state index is 0.0418. The maximum atomic E-state index is 13.0. The zero-order valence-electron chi connectivity index (χ0n) is 9.06. The molecule has 7 heteroatoms. The number of carboxylic acid groups (broad SMARTS) is 1. The molecule has 0 radical (unpaired) electrons. The number of anilines is 1. The van der Waals surface area contributed by atoms with Crippen molar-refractivity contribution in [2.45, 2.75) is 12.8 Å². The number of hydrazone groups is 1. The summed E-state index contributed by atoms with van der Waals surface area (Å²) in [5.74, 6) is -2.16. The van der Waals surface area contributed by atoms with Crippen LogP contribution in [0.3, 0.4) is 0 Å². The van der Waals surface area contributed by atoms with E-state index in [1.807, 2.05) is 0 Å². The molecule has 1 amide bonds. The van der Waals surface area contributed by atoms with Gasteiger partial charge in [0.2, 0.25) is 5.91 Å². The first-order valence-corrected chi connectivity index (χ1v) is 5.45. The third-order valence-electron chi connectivity index (χ3n) is 2.43. The Hall–Kier alpha value is -1.95. The van der Waals surface area contributed by atoms with Gasteiger partial charge < -0.3 is 5.11 Å². The summed E-state index contributed by atoms with van der Waals surface area (Å²) in [5, 5.41) is 13.3. The van der Waals surface area contributed by atoms with Gasteiger partial charge in [-0.05, 0) is 18.2 Å². The smallest absolute Gasteiger partial charge is 0.352 e. The van der Waals surface area contributed by atoms with E-state index in [-0.39, 0.29) is 35.2 Å². The third kappa shape index (κ3) is 2.33. The lowest BCUT2D eigenvalue weighted by molar-refractivity contribution is -0.129. The maximum Gasteiger partial charge on any atom is 0.352 e. The first kappa shape index (κ1) is 12.5. The summed E-state index contributed by atoms with van der Waals surface area (Å²) in [6, 6.07) is 3.63. The fourth-order valence-corrected chi connectivity index (χ4v) is 1.70. The van der Waals surface area contributed by atoms with Crippen LogP contribution in [0.15, 0.2) is 23.3 Å². The van der Waals surface area contributed by atoms with Gasteiger partial charge in [0.1, 0.15) is 11.5 Å². The standard InChI is InChI=1S/C11H8ClFN2O3/c12-7-5-6(1-2-8(7)13)15-10(16)4-3-9(14-15)11(17)18/h1-2,5H,3-4H2,(H,17,18). The zero-order chi connectivity index (χ0) is 13.3. The minimum Gasteiger partial charge on any atom is -0.477 e. The molecule has 94 valence electrons. The van der Waals surface area contributed by atoms with Crippen LogP contribution in [0, 0.1) is 5.82 Å². The number of nitrogens with zero attached hydrogens (tertiary/aromatic N) is 2. The number of hydrogen-bond donors (Lipinski definition) is 1. The van der Waals surface area contributed by atoms with Gasteiger partial charge >= 0.3 is 5.97 Å². The monoisotopic (exact) mass is 270 g/mol. The predicted octanol–water partition coefficient (Wildman–Crippen LogP) is 2.05. The second kappa shape index (κ2) is 4.73. The Balaban J connectivity index is 2.41. The lowest BCUT2D eigenvalue weighted by Gasteiger charge is -2.22. The van der Waals surface area contributed by atoms with E-state index in [9.17, 15) is 14.0 Å². The number of amides is 1. The van der Waals surface area contributed by atoms with Crippen LogP contribution in [0.5, 0.6) is 0 Å².